The van der Waals surface area contributed by atoms with Crippen LogP contribution in [0.1, 0.15) is 70.4 Å². The van der Waals surface area contributed by atoms with Gasteiger partial charge < -0.3 is 15.3 Å². The highest BCUT2D eigenvalue weighted by Gasteiger charge is 2.24. The van der Waals surface area contributed by atoms with E-state index in [-0.39, 0.29) is 0 Å². The van der Waals surface area contributed by atoms with E-state index in [0.29, 0.717) is 12.8 Å². The summed E-state index contributed by atoms with van der Waals surface area (Å²) in [5, 5.41) is 29.8. The molecule has 1 aromatic carbocycles. The van der Waals surface area contributed by atoms with Gasteiger partial charge in [-0.05, 0) is 73.8 Å². The maximum Gasteiger partial charge on any atom is 0.0811 e. The fraction of sp³-hybridized carbons (Fsp3) is 0.520. The summed E-state index contributed by atoms with van der Waals surface area (Å²) < 4.78 is 0. The number of benzene rings is 1. The van der Waals surface area contributed by atoms with Gasteiger partial charge in [-0.2, -0.15) is 0 Å². The van der Waals surface area contributed by atoms with Crippen LogP contribution in [0, 0.1) is 0 Å². The van der Waals surface area contributed by atoms with Gasteiger partial charge in [0.2, 0.25) is 0 Å². The van der Waals surface area contributed by atoms with Gasteiger partial charge in [0, 0.05) is 6.42 Å². The second kappa shape index (κ2) is 10.2. The lowest BCUT2D eigenvalue weighted by molar-refractivity contribution is 0.0682. The molecule has 0 amide bonds. The van der Waals surface area contributed by atoms with Crippen molar-refractivity contribution in [2.45, 2.75) is 83.5 Å². The molecule has 154 valence electrons. The summed E-state index contributed by atoms with van der Waals surface area (Å²) in [5.74, 6) is 0. The van der Waals surface area contributed by atoms with Crippen LogP contribution in [0.15, 0.2) is 54.1 Å². The summed E-state index contributed by atoms with van der Waals surface area (Å²) >= 11 is 0. The molecule has 0 aliphatic heterocycles. The number of aliphatic hydroxyl groups is 3. The van der Waals surface area contributed by atoms with E-state index in [1.807, 2.05) is 19.9 Å². The zero-order chi connectivity index (χ0) is 20.7. The average molecular weight is 385 g/mol. The molecule has 3 heteroatoms. The highest BCUT2D eigenvalue weighted by atomic mass is 16.3. The summed E-state index contributed by atoms with van der Waals surface area (Å²) in [5.41, 5.74) is 4.82. The summed E-state index contributed by atoms with van der Waals surface area (Å²) in [6, 6.07) is 8.64. The minimum Gasteiger partial charge on any atom is -0.393 e. The minimum atomic E-state index is -0.652. The van der Waals surface area contributed by atoms with Crippen LogP contribution in [0.5, 0.6) is 0 Å². The van der Waals surface area contributed by atoms with Crippen LogP contribution in [0.2, 0.25) is 0 Å². The van der Waals surface area contributed by atoms with Crippen LogP contribution in [0.25, 0.3) is 5.57 Å². The third kappa shape index (κ3) is 7.05. The maximum atomic E-state index is 10.0. The smallest absolute Gasteiger partial charge is 0.0811 e. The first kappa shape index (κ1) is 22.6. The summed E-state index contributed by atoms with van der Waals surface area (Å²) in [7, 11) is 0. The van der Waals surface area contributed by atoms with E-state index in [0.717, 1.165) is 43.3 Å². The van der Waals surface area contributed by atoms with Crippen molar-refractivity contribution in [3.8, 4) is 0 Å². The van der Waals surface area contributed by atoms with Crippen molar-refractivity contribution in [1.82, 2.24) is 0 Å². The Morgan fingerprint density at radius 3 is 2.68 bits per heavy atom. The topological polar surface area (TPSA) is 60.7 Å². The molecule has 1 saturated carbocycles. The van der Waals surface area contributed by atoms with Gasteiger partial charge in [-0.25, -0.2) is 0 Å². The van der Waals surface area contributed by atoms with Crippen molar-refractivity contribution < 1.29 is 15.3 Å². The lowest BCUT2D eigenvalue weighted by Gasteiger charge is -2.26. The van der Waals surface area contributed by atoms with E-state index >= 15 is 0 Å². The summed E-state index contributed by atoms with van der Waals surface area (Å²) in [6.07, 6.45) is 8.68. The Bertz CT molecular complexity index is 722. The molecule has 1 aliphatic carbocycles. The van der Waals surface area contributed by atoms with Crippen LogP contribution in [-0.4, -0.2) is 33.1 Å². The second-order valence-corrected chi connectivity index (χ2v) is 8.59. The molecule has 0 spiro atoms. The molecule has 1 unspecified atom stereocenters. The van der Waals surface area contributed by atoms with Crippen molar-refractivity contribution in [2.75, 3.05) is 0 Å². The molecule has 3 N–H and O–H groups in total. The monoisotopic (exact) mass is 384 g/mol. The van der Waals surface area contributed by atoms with E-state index in [1.165, 1.54) is 16.7 Å². The van der Waals surface area contributed by atoms with Gasteiger partial charge in [-0.3, -0.25) is 0 Å². The first-order chi connectivity index (χ1) is 13.2. The first-order valence-electron chi connectivity index (χ1n) is 10.5. The van der Waals surface area contributed by atoms with Crippen LogP contribution >= 0.6 is 0 Å². The van der Waals surface area contributed by atoms with Crippen LogP contribution < -0.4 is 0 Å². The van der Waals surface area contributed by atoms with Crippen molar-refractivity contribution in [2.24, 2.45) is 0 Å². The maximum absolute atomic E-state index is 10.0. The number of aryl methyl sites for hydroxylation is 1. The SMILES string of the molecule is C=C1/C(=C\C=C(/CC)c2cccc(CCCCC(C)(C)O)c2)C[C@@H](O)CC1O. The molecule has 0 heterocycles. The number of unbranched alkanes of at least 4 members (excludes halogenated alkanes) is 1. The molecule has 0 aromatic heterocycles. The van der Waals surface area contributed by atoms with Crippen LogP contribution in [0.4, 0.5) is 0 Å². The highest BCUT2D eigenvalue weighted by molar-refractivity contribution is 5.68. The molecule has 2 rings (SSSR count). The normalized spacial score (nSPS) is 22.7. The van der Waals surface area contributed by atoms with Crippen molar-refractivity contribution in [3.63, 3.8) is 0 Å². The molecular weight excluding hydrogens is 348 g/mol. The number of rotatable bonds is 8. The van der Waals surface area contributed by atoms with Gasteiger partial charge in [0.1, 0.15) is 0 Å². The molecule has 28 heavy (non-hydrogen) atoms. The van der Waals surface area contributed by atoms with Crippen molar-refractivity contribution >= 4 is 5.57 Å². The van der Waals surface area contributed by atoms with E-state index in [9.17, 15) is 15.3 Å². The number of aliphatic hydroxyl groups excluding tert-OH is 2. The zero-order valence-electron chi connectivity index (χ0n) is 17.6. The molecular formula is C25H36O3. The van der Waals surface area contributed by atoms with Gasteiger partial charge in [-0.15, -0.1) is 0 Å². The first-order valence-corrected chi connectivity index (χ1v) is 10.5. The van der Waals surface area contributed by atoms with Crippen molar-refractivity contribution in [1.29, 1.82) is 0 Å². The van der Waals surface area contributed by atoms with Gasteiger partial charge in [0.25, 0.3) is 0 Å². The highest BCUT2D eigenvalue weighted by Crippen LogP contribution is 2.29. The minimum absolute atomic E-state index is 0.371. The summed E-state index contributed by atoms with van der Waals surface area (Å²) in [6.45, 7) is 9.84. The fourth-order valence-corrected chi connectivity index (χ4v) is 3.69. The zero-order valence-corrected chi connectivity index (χ0v) is 17.6. The Kier molecular flexibility index (Phi) is 8.23. The van der Waals surface area contributed by atoms with E-state index in [2.05, 4.69) is 43.8 Å². The second-order valence-electron chi connectivity index (χ2n) is 8.59. The lowest BCUT2D eigenvalue weighted by Crippen LogP contribution is -2.26. The molecule has 2 atom stereocenters. The average Bonchev–Trinajstić information content (AvgIpc) is 2.63. The van der Waals surface area contributed by atoms with E-state index in [4.69, 9.17) is 0 Å². The molecule has 0 radical (unpaired) electrons. The predicted octanol–water partition coefficient (Wildman–Crippen LogP) is 4.96. The van der Waals surface area contributed by atoms with Crippen LogP contribution in [0.3, 0.4) is 0 Å². The van der Waals surface area contributed by atoms with E-state index < -0.39 is 17.8 Å². The Balaban J connectivity index is 2.08. The Hall–Kier alpha value is -1.68. The number of hydrogen-bond donors (Lipinski definition) is 3. The quantitative estimate of drug-likeness (QED) is 0.555. The Morgan fingerprint density at radius 2 is 2.00 bits per heavy atom. The number of hydrogen-bond acceptors (Lipinski definition) is 3. The van der Waals surface area contributed by atoms with Gasteiger partial charge in [-0.1, -0.05) is 56.3 Å². The standard InChI is InChI=1S/C25H36O3/c1-5-20(12-13-21-16-23(26)17-24(27)18(21)2)22-11-8-10-19(15-22)9-6-7-14-25(3,4)28/h8,10-13,15,23-24,26-28H,2,5-7,9,14,16-17H2,1,3-4H3/b20-12+,21-13-/t23-,24?/m1/s1. The molecule has 1 aliphatic rings. The van der Waals surface area contributed by atoms with Crippen LogP contribution in [-0.2, 0) is 6.42 Å². The Morgan fingerprint density at radius 1 is 1.25 bits per heavy atom. The molecule has 0 saturated heterocycles. The Labute approximate surface area is 170 Å². The summed E-state index contributed by atoms with van der Waals surface area (Å²) in [4.78, 5) is 0. The van der Waals surface area contributed by atoms with Crippen molar-refractivity contribution in [3.05, 3.63) is 65.3 Å². The van der Waals surface area contributed by atoms with Gasteiger partial charge >= 0.3 is 0 Å². The fourth-order valence-electron chi connectivity index (χ4n) is 3.69. The third-order valence-electron chi connectivity index (χ3n) is 5.43. The largest absolute Gasteiger partial charge is 0.393 e. The lowest BCUT2D eigenvalue weighted by atomic mass is 9.85. The van der Waals surface area contributed by atoms with E-state index in [1.54, 1.807) is 0 Å². The molecule has 0 bridgehead atoms. The third-order valence-corrected chi connectivity index (χ3v) is 5.43. The molecule has 1 fully saturated rings. The van der Waals surface area contributed by atoms with Gasteiger partial charge in [0.05, 0.1) is 17.8 Å². The van der Waals surface area contributed by atoms with Gasteiger partial charge in [0.15, 0.2) is 0 Å². The molecule has 1 aromatic rings. The number of allylic oxidation sites excluding steroid dienone is 3. The molecule has 3 nitrogen and oxygen atoms in total. The predicted molar refractivity (Wildman–Crippen MR) is 117 cm³/mol.